The van der Waals surface area contributed by atoms with Gasteiger partial charge in [-0.2, -0.15) is 0 Å². The zero-order valence-electron chi connectivity index (χ0n) is 7.00. The minimum atomic E-state index is -0.978. The van der Waals surface area contributed by atoms with Crippen molar-refractivity contribution >= 4 is 17.3 Å². The molecule has 0 unspecified atom stereocenters. The average molecular weight is 178 g/mol. The van der Waals surface area contributed by atoms with Crippen LogP contribution in [0.3, 0.4) is 0 Å². The number of fused-ring (bicyclic) bond motifs is 1. The van der Waals surface area contributed by atoms with Crippen LogP contribution in [0.1, 0.15) is 15.9 Å². The lowest BCUT2D eigenvalue weighted by atomic mass is 10.1. The molecule has 4 heteroatoms. The summed E-state index contributed by atoms with van der Waals surface area (Å²) >= 11 is 0. The van der Waals surface area contributed by atoms with E-state index in [0.29, 0.717) is 5.69 Å². The quantitative estimate of drug-likeness (QED) is 0.559. The Labute approximate surface area is 75.4 Å². The number of rotatable bonds is 1. The monoisotopic (exact) mass is 178 g/mol. The molecule has 0 saturated carbocycles. The van der Waals surface area contributed by atoms with Crippen LogP contribution in [-0.4, -0.2) is 17.6 Å². The van der Waals surface area contributed by atoms with Gasteiger partial charge in [0.05, 0.1) is 5.56 Å². The predicted molar refractivity (Wildman–Crippen MR) is 50.0 cm³/mol. The van der Waals surface area contributed by atoms with Crippen LogP contribution in [0.5, 0.6) is 0 Å². The molecule has 1 aromatic rings. The van der Waals surface area contributed by atoms with Crippen LogP contribution in [-0.2, 0) is 6.42 Å². The molecule has 1 aliphatic heterocycles. The van der Waals surface area contributed by atoms with Crippen LogP contribution in [0, 0.1) is 0 Å². The van der Waals surface area contributed by atoms with E-state index in [2.05, 4.69) is 5.32 Å². The van der Waals surface area contributed by atoms with Crippen LogP contribution >= 0.6 is 0 Å². The van der Waals surface area contributed by atoms with E-state index in [9.17, 15) is 4.79 Å². The summed E-state index contributed by atoms with van der Waals surface area (Å²) in [6.45, 7) is 0.859. The summed E-state index contributed by atoms with van der Waals surface area (Å²) in [5, 5.41) is 11.9. The molecule has 2 rings (SSSR count). The Morgan fingerprint density at radius 2 is 2.31 bits per heavy atom. The summed E-state index contributed by atoms with van der Waals surface area (Å²) < 4.78 is 0. The van der Waals surface area contributed by atoms with Gasteiger partial charge in [0.2, 0.25) is 0 Å². The number of nitrogens with one attached hydrogen (secondary N) is 1. The topological polar surface area (TPSA) is 75.4 Å². The second kappa shape index (κ2) is 2.65. The van der Waals surface area contributed by atoms with E-state index < -0.39 is 5.97 Å². The molecule has 1 heterocycles. The van der Waals surface area contributed by atoms with Gasteiger partial charge in [0, 0.05) is 17.9 Å². The Morgan fingerprint density at radius 3 is 3.00 bits per heavy atom. The second-order valence-corrected chi connectivity index (χ2v) is 3.08. The number of benzene rings is 1. The first kappa shape index (κ1) is 7.91. The lowest BCUT2D eigenvalue weighted by Crippen LogP contribution is -2.03. The predicted octanol–water partition coefficient (Wildman–Crippen LogP) is 0.935. The SMILES string of the molecule is Nc1cc2c(cc1C(=O)O)NCC2. The summed E-state index contributed by atoms with van der Waals surface area (Å²) in [6, 6.07) is 3.33. The third kappa shape index (κ3) is 1.20. The van der Waals surface area contributed by atoms with Gasteiger partial charge in [-0.05, 0) is 24.1 Å². The smallest absolute Gasteiger partial charge is 0.337 e. The first-order valence-corrected chi connectivity index (χ1v) is 4.08. The fraction of sp³-hybridized carbons (Fsp3) is 0.222. The number of carboxylic acids is 1. The molecule has 4 N–H and O–H groups in total. The molecule has 0 atom stereocenters. The maximum absolute atomic E-state index is 10.7. The van der Waals surface area contributed by atoms with Gasteiger partial charge in [0.15, 0.2) is 0 Å². The van der Waals surface area contributed by atoms with Gasteiger partial charge in [-0.1, -0.05) is 0 Å². The number of nitrogen functional groups attached to an aromatic ring is 1. The highest BCUT2D eigenvalue weighted by Gasteiger charge is 2.15. The number of anilines is 2. The highest BCUT2D eigenvalue weighted by Crippen LogP contribution is 2.27. The number of aromatic carboxylic acids is 1. The molecule has 0 spiro atoms. The molecule has 68 valence electrons. The van der Waals surface area contributed by atoms with Gasteiger partial charge in [0.1, 0.15) is 0 Å². The van der Waals surface area contributed by atoms with Gasteiger partial charge >= 0.3 is 5.97 Å². The molecule has 4 nitrogen and oxygen atoms in total. The molecular weight excluding hydrogens is 168 g/mol. The lowest BCUT2D eigenvalue weighted by molar-refractivity contribution is 0.0698. The van der Waals surface area contributed by atoms with Gasteiger partial charge < -0.3 is 16.2 Å². The summed E-state index contributed by atoms with van der Waals surface area (Å²) in [5.41, 5.74) is 8.10. The van der Waals surface area contributed by atoms with Crippen molar-refractivity contribution in [2.75, 3.05) is 17.6 Å². The minimum Gasteiger partial charge on any atom is -0.478 e. The van der Waals surface area contributed by atoms with Crippen LogP contribution < -0.4 is 11.1 Å². The number of carboxylic acid groups (broad SMARTS) is 1. The van der Waals surface area contributed by atoms with Crippen molar-refractivity contribution in [3.8, 4) is 0 Å². The van der Waals surface area contributed by atoms with Crippen LogP contribution in [0.25, 0.3) is 0 Å². The van der Waals surface area contributed by atoms with Crippen molar-refractivity contribution < 1.29 is 9.90 Å². The Morgan fingerprint density at radius 1 is 1.54 bits per heavy atom. The highest BCUT2D eigenvalue weighted by atomic mass is 16.4. The Balaban J connectivity index is 2.55. The molecular formula is C9H10N2O2. The largest absolute Gasteiger partial charge is 0.478 e. The van der Waals surface area contributed by atoms with Gasteiger partial charge in [-0.25, -0.2) is 4.79 Å². The zero-order valence-corrected chi connectivity index (χ0v) is 7.00. The number of hydrogen-bond donors (Lipinski definition) is 3. The summed E-state index contributed by atoms with van der Waals surface area (Å²) in [6.07, 6.45) is 0.916. The third-order valence-corrected chi connectivity index (χ3v) is 2.22. The molecule has 0 aromatic heterocycles. The standard InChI is InChI=1S/C9H10N2O2/c10-7-3-5-1-2-11-8(5)4-6(7)9(12)13/h3-4,11H,1-2,10H2,(H,12,13). The van der Waals surface area contributed by atoms with E-state index in [-0.39, 0.29) is 5.56 Å². The van der Waals surface area contributed by atoms with E-state index in [1.807, 2.05) is 0 Å². The summed E-state index contributed by atoms with van der Waals surface area (Å²) in [4.78, 5) is 10.7. The number of carbonyl (C=O) groups is 1. The van der Waals surface area contributed by atoms with E-state index in [4.69, 9.17) is 10.8 Å². The van der Waals surface area contributed by atoms with Crippen molar-refractivity contribution in [3.05, 3.63) is 23.3 Å². The van der Waals surface area contributed by atoms with Gasteiger partial charge in [-0.3, -0.25) is 0 Å². The Hall–Kier alpha value is -1.71. The molecule has 1 aromatic carbocycles. The highest BCUT2D eigenvalue weighted by molar-refractivity contribution is 5.95. The van der Waals surface area contributed by atoms with E-state index >= 15 is 0 Å². The molecule has 0 amide bonds. The first-order valence-electron chi connectivity index (χ1n) is 4.08. The fourth-order valence-electron chi connectivity index (χ4n) is 1.55. The Bertz CT molecular complexity index is 374. The summed E-state index contributed by atoms with van der Waals surface area (Å²) in [5.74, 6) is -0.978. The van der Waals surface area contributed by atoms with Crippen LogP contribution in [0.15, 0.2) is 12.1 Å². The summed E-state index contributed by atoms with van der Waals surface area (Å²) in [7, 11) is 0. The molecule has 0 saturated heterocycles. The molecule has 0 radical (unpaired) electrons. The molecule has 0 fully saturated rings. The van der Waals surface area contributed by atoms with Crippen molar-refractivity contribution in [2.24, 2.45) is 0 Å². The normalized spacial score (nSPS) is 13.5. The average Bonchev–Trinajstić information content (AvgIpc) is 2.48. The van der Waals surface area contributed by atoms with Crippen molar-refractivity contribution in [3.63, 3.8) is 0 Å². The maximum Gasteiger partial charge on any atom is 0.337 e. The molecule has 13 heavy (non-hydrogen) atoms. The van der Waals surface area contributed by atoms with Crippen molar-refractivity contribution in [1.82, 2.24) is 0 Å². The lowest BCUT2D eigenvalue weighted by Gasteiger charge is -2.04. The minimum absolute atomic E-state index is 0.174. The Kier molecular flexibility index (Phi) is 1.62. The maximum atomic E-state index is 10.7. The van der Waals surface area contributed by atoms with Gasteiger partial charge in [0.25, 0.3) is 0 Å². The van der Waals surface area contributed by atoms with Crippen molar-refractivity contribution in [1.29, 1.82) is 0 Å². The first-order chi connectivity index (χ1) is 6.18. The molecule has 0 aliphatic carbocycles. The fourth-order valence-corrected chi connectivity index (χ4v) is 1.55. The van der Waals surface area contributed by atoms with E-state index in [1.54, 1.807) is 12.1 Å². The third-order valence-electron chi connectivity index (χ3n) is 2.22. The zero-order chi connectivity index (χ0) is 9.42. The van der Waals surface area contributed by atoms with Crippen LogP contribution in [0.4, 0.5) is 11.4 Å². The van der Waals surface area contributed by atoms with Crippen LogP contribution in [0.2, 0.25) is 0 Å². The second-order valence-electron chi connectivity index (χ2n) is 3.08. The molecule has 0 bridgehead atoms. The van der Waals surface area contributed by atoms with Gasteiger partial charge in [-0.15, -0.1) is 0 Å². The van der Waals surface area contributed by atoms with Crippen molar-refractivity contribution in [2.45, 2.75) is 6.42 Å². The number of nitrogens with two attached hydrogens (primary N) is 1. The van der Waals surface area contributed by atoms with E-state index in [1.165, 1.54) is 0 Å². The van der Waals surface area contributed by atoms with E-state index in [0.717, 1.165) is 24.2 Å². The molecule has 1 aliphatic rings. The number of hydrogen-bond acceptors (Lipinski definition) is 3.